The van der Waals surface area contributed by atoms with Crippen molar-refractivity contribution in [3.8, 4) is 5.75 Å². The molecule has 2 rings (SSSR count). The number of hydrogen-bond acceptors (Lipinski definition) is 3. The summed E-state index contributed by atoms with van der Waals surface area (Å²) in [6.45, 7) is 1.35. The van der Waals surface area contributed by atoms with Gasteiger partial charge in [0.15, 0.2) is 0 Å². The molecule has 0 aliphatic heterocycles. The van der Waals surface area contributed by atoms with Crippen molar-refractivity contribution in [2.45, 2.75) is 13.1 Å². The van der Waals surface area contributed by atoms with E-state index in [1.807, 2.05) is 18.2 Å². The number of aromatic hydroxyl groups is 1. The van der Waals surface area contributed by atoms with Gasteiger partial charge in [-0.3, -0.25) is 4.98 Å². The van der Waals surface area contributed by atoms with Gasteiger partial charge in [0, 0.05) is 19.3 Å². The van der Waals surface area contributed by atoms with E-state index < -0.39 is 0 Å². The van der Waals surface area contributed by atoms with Crippen molar-refractivity contribution in [1.29, 1.82) is 0 Å². The predicted octanol–water partition coefficient (Wildman–Crippen LogP) is 2.08. The first-order chi connectivity index (χ1) is 7.86. The molecule has 1 aromatic heterocycles. The molecule has 0 spiro atoms. The van der Waals surface area contributed by atoms with E-state index in [0.29, 0.717) is 12.2 Å². The van der Waals surface area contributed by atoms with Gasteiger partial charge in [0.2, 0.25) is 0 Å². The first-order valence-electron chi connectivity index (χ1n) is 5.24. The van der Waals surface area contributed by atoms with Crippen LogP contribution in [-0.2, 0) is 13.1 Å². The highest BCUT2D eigenvalue weighted by Gasteiger charge is 2.00. The minimum absolute atomic E-state index is 0.239. The summed E-state index contributed by atoms with van der Waals surface area (Å²) in [6, 6.07) is 13.5. The van der Waals surface area contributed by atoms with E-state index in [9.17, 15) is 5.11 Å². The molecule has 0 saturated heterocycles. The second-order valence-corrected chi connectivity index (χ2v) is 3.56. The summed E-state index contributed by atoms with van der Waals surface area (Å²) in [5.74, 6) is 0.239. The van der Waals surface area contributed by atoms with Crippen LogP contribution in [0.4, 0.5) is 0 Å². The van der Waals surface area contributed by atoms with Crippen LogP contribution in [0, 0.1) is 0 Å². The summed E-state index contributed by atoms with van der Waals surface area (Å²) >= 11 is 0. The lowest BCUT2D eigenvalue weighted by atomic mass is 10.2. The maximum Gasteiger partial charge on any atom is 0.138 e. The number of aromatic nitrogens is 1. The molecule has 0 bridgehead atoms. The quantitative estimate of drug-likeness (QED) is 0.819. The standard InChI is InChI=1S/C13H14N2O/c16-13-7-4-8-15-12(13)10-14-9-11-5-2-1-3-6-11/h1-8,14,16H,9-10H2. The second-order valence-electron chi connectivity index (χ2n) is 3.56. The molecule has 2 N–H and O–H groups in total. The molecule has 0 aliphatic rings. The van der Waals surface area contributed by atoms with Crippen LogP contribution in [0.1, 0.15) is 11.3 Å². The Bertz CT molecular complexity index is 443. The largest absolute Gasteiger partial charge is 0.506 e. The molecule has 3 nitrogen and oxygen atoms in total. The molecule has 1 aromatic carbocycles. The minimum atomic E-state index is 0.239. The molecular formula is C13H14N2O. The van der Waals surface area contributed by atoms with Gasteiger partial charge in [-0.2, -0.15) is 0 Å². The third kappa shape index (κ3) is 2.81. The fraction of sp³-hybridized carbons (Fsp3) is 0.154. The normalized spacial score (nSPS) is 10.2. The molecule has 0 radical (unpaired) electrons. The highest BCUT2D eigenvalue weighted by atomic mass is 16.3. The molecule has 0 aliphatic carbocycles. The Morgan fingerprint density at radius 1 is 1.00 bits per heavy atom. The fourth-order valence-corrected chi connectivity index (χ4v) is 1.49. The van der Waals surface area contributed by atoms with Gasteiger partial charge in [0.05, 0.1) is 5.69 Å². The van der Waals surface area contributed by atoms with Crippen LogP contribution in [0.15, 0.2) is 48.7 Å². The monoisotopic (exact) mass is 214 g/mol. The molecule has 1 heterocycles. The van der Waals surface area contributed by atoms with Gasteiger partial charge in [-0.15, -0.1) is 0 Å². The Morgan fingerprint density at radius 3 is 2.56 bits per heavy atom. The zero-order valence-corrected chi connectivity index (χ0v) is 8.93. The Labute approximate surface area is 94.8 Å². The van der Waals surface area contributed by atoms with Crippen LogP contribution in [-0.4, -0.2) is 10.1 Å². The third-order valence-electron chi connectivity index (χ3n) is 2.33. The third-order valence-corrected chi connectivity index (χ3v) is 2.33. The van der Waals surface area contributed by atoms with Crippen molar-refractivity contribution in [3.05, 3.63) is 59.9 Å². The highest BCUT2D eigenvalue weighted by Crippen LogP contribution is 2.11. The Hall–Kier alpha value is -1.87. The van der Waals surface area contributed by atoms with Crippen molar-refractivity contribution in [2.24, 2.45) is 0 Å². The van der Waals surface area contributed by atoms with Crippen LogP contribution in [0.5, 0.6) is 5.75 Å². The molecule has 0 atom stereocenters. The maximum atomic E-state index is 9.51. The molecule has 0 saturated carbocycles. The molecule has 2 aromatic rings. The van der Waals surface area contributed by atoms with Gasteiger partial charge in [-0.25, -0.2) is 0 Å². The predicted molar refractivity (Wildman–Crippen MR) is 62.9 cm³/mol. The van der Waals surface area contributed by atoms with E-state index in [2.05, 4.69) is 22.4 Å². The van der Waals surface area contributed by atoms with E-state index in [-0.39, 0.29) is 5.75 Å². The van der Waals surface area contributed by atoms with Gasteiger partial charge < -0.3 is 10.4 Å². The van der Waals surface area contributed by atoms with Crippen LogP contribution in [0.3, 0.4) is 0 Å². The molecule has 3 heteroatoms. The number of nitrogens with one attached hydrogen (secondary N) is 1. The summed E-state index contributed by atoms with van der Waals surface area (Å²) < 4.78 is 0. The number of rotatable bonds is 4. The summed E-state index contributed by atoms with van der Waals surface area (Å²) in [4.78, 5) is 4.10. The van der Waals surface area contributed by atoms with E-state index in [1.54, 1.807) is 18.3 Å². The van der Waals surface area contributed by atoms with Gasteiger partial charge in [0.25, 0.3) is 0 Å². The lowest BCUT2D eigenvalue weighted by Crippen LogP contribution is -2.13. The molecule has 0 unspecified atom stereocenters. The molecular weight excluding hydrogens is 200 g/mol. The lowest BCUT2D eigenvalue weighted by molar-refractivity contribution is 0.459. The second kappa shape index (κ2) is 5.28. The summed E-state index contributed by atoms with van der Waals surface area (Å²) in [7, 11) is 0. The summed E-state index contributed by atoms with van der Waals surface area (Å²) in [5.41, 5.74) is 1.90. The van der Waals surface area contributed by atoms with E-state index in [1.165, 1.54) is 5.56 Å². The molecule has 0 amide bonds. The van der Waals surface area contributed by atoms with Crippen LogP contribution in [0.25, 0.3) is 0 Å². The Kier molecular flexibility index (Phi) is 3.51. The van der Waals surface area contributed by atoms with E-state index >= 15 is 0 Å². The van der Waals surface area contributed by atoms with Crippen molar-refractivity contribution >= 4 is 0 Å². The van der Waals surface area contributed by atoms with Gasteiger partial charge >= 0.3 is 0 Å². The fourth-order valence-electron chi connectivity index (χ4n) is 1.49. The number of benzene rings is 1. The van der Waals surface area contributed by atoms with Crippen molar-refractivity contribution in [1.82, 2.24) is 10.3 Å². The number of pyridine rings is 1. The Morgan fingerprint density at radius 2 is 1.81 bits per heavy atom. The van der Waals surface area contributed by atoms with Gasteiger partial charge in [-0.05, 0) is 17.7 Å². The topological polar surface area (TPSA) is 45.2 Å². The van der Waals surface area contributed by atoms with Gasteiger partial charge in [0.1, 0.15) is 5.75 Å². The zero-order chi connectivity index (χ0) is 11.2. The van der Waals surface area contributed by atoms with Crippen molar-refractivity contribution in [2.75, 3.05) is 0 Å². The lowest BCUT2D eigenvalue weighted by Gasteiger charge is -2.05. The van der Waals surface area contributed by atoms with Crippen molar-refractivity contribution in [3.63, 3.8) is 0 Å². The van der Waals surface area contributed by atoms with Crippen LogP contribution in [0.2, 0.25) is 0 Å². The molecule has 0 fully saturated rings. The van der Waals surface area contributed by atoms with Gasteiger partial charge in [-0.1, -0.05) is 30.3 Å². The maximum absolute atomic E-state index is 9.51. The molecule has 16 heavy (non-hydrogen) atoms. The first kappa shape index (κ1) is 10.6. The first-order valence-corrected chi connectivity index (χ1v) is 5.24. The molecule has 82 valence electrons. The van der Waals surface area contributed by atoms with Crippen LogP contribution < -0.4 is 5.32 Å². The Balaban J connectivity index is 1.87. The van der Waals surface area contributed by atoms with Crippen molar-refractivity contribution < 1.29 is 5.11 Å². The smallest absolute Gasteiger partial charge is 0.138 e. The SMILES string of the molecule is Oc1cccnc1CNCc1ccccc1. The number of nitrogens with zero attached hydrogens (tertiary/aromatic N) is 1. The number of hydrogen-bond donors (Lipinski definition) is 2. The zero-order valence-electron chi connectivity index (χ0n) is 8.93. The van der Waals surface area contributed by atoms with Crippen LogP contribution >= 0.6 is 0 Å². The summed E-state index contributed by atoms with van der Waals surface area (Å²) in [6.07, 6.45) is 1.68. The van der Waals surface area contributed by atoms with E-state index in [0.717, 1.165) is 6.54 Å². The summed E-state index contributed by atoms with van der Waals surface area (Å²) in [5, 5.41) is 12.7. The highest BCUT2D eigenvalue weighted by molar-refractivity contribution is 5.24. The average Bonchev–Trinajstić information content (AvgIpc) is 2.33. The van der Waals surface area contributed by atoms with E-state index in [4.69, 9.17) is 0 Å². The average molecular weight is 214 g/mol. The minimum Gasteiger partial charge on any atom is -0.506 e.